The molecule has 0 fully saturated rings. The molecule has 1 N–H and O–H groups in total. The van der Waals surface area contributed by atoms with Crippen LogP contribution in [0.4, 0.5) is 0 Å². The van der Waals surface area contributed by atoms with Gasteiger partial charge in [-0.1, -0.05) is 30.4 Å². The van der Waals surface area contributed by atoms with E-state index in [4.69, 9.17) is 9.47 Å². The molecular weight excluding hydrogens is 430 g/mol. The molecule has 0 spiro atoms. The molecule has 1 aromatic heterocycles. The Balaban J connectivity index is 1.27. The van der Waals surface area contributed by atoms with Crippen LogP contribution in [0.1, 0.15) is 27.6 Å². The minimum Gasteiger partial charge on any atom is -0.497 e. The number of nitrogens with one attached hydrogen (secondary N) is 1. The third kappa shape index (κ3) is 5.82. The number of rotatable bonds is 9. The van der Waals surface area contributed by atoms with E-state index in [2.05, 4.69) is 43.2 Å². The highest BCUT2D eigenvalue weighted by atomic mass is 16.5. The smallest absolute Gasteiger partial charge is 0.251 e. The molecule has 178 valence electrons. The summed E-state index contributed by atoms with van der Waals surface area (Å²) < 4.78 is 12.8. The lowest BCUT2D eigenvalue weighted by Gasteiger charge is -2.17. The van der Waals surface area contributed by atoms with E-state index in [1.165, 1.54) is 0 Å². The number of amides is 1. The number of hydrogen-bond donors (Lipinski definition) is 1. The highest BCUT2D eigenvalue weighted by Crippen LogP contribution is 2.19. The van der Waals surface area contributed by atoms with Crippen LogP contribution in [-0.2, 0) is 19.4 Å². The second-order valence-electron chi connectivity index (χ2n) is 8.11. The Kier molecular flexibility index (Phi) is 7.93. The van der Waals surface area contributed by atoms with Crippen LogP contribution in [0.5, 0.6) is 11.5 Å². The summed E-state index contributed by atoms with van der Waals surface area (Å²) in [5, 5.41) is 11.7. The van der Waals surface area contributed by atoms with Gasteiger partial charge in [0.25, 0.3) is 5.91 Å². The van der Waals surface area contributed by atoms with Gasteiger partial charge in [-0.3, -0.25) is 9.69 Å². The van der Waals surface area contributed by atoms with E-state index in [1.807, 2.05) is 18.2 Å². The van der Waals surface area contributed by atoms with E-state index in [-0.39, 0.29) is 5.91 Å². The Hall–Kier alpha value is -3.65. The number of ether oxygens (including phenoxy) is 2. The van der Waals surface area contributed by atoms with Crippen molar-refractivity contribution >= 4 is 12.0 Å². The molecule has 8 heteroatoms. The molecule has 2 aromatic carbocycles. The number of benzene rings is 2. The van der Waals surface area contributed by atoms with Crippen molar-refractivity contribution in [3.63, 3.8) is 0 Å². The summed E-state index contributed by atoms with van der Waals surface area (Å²) in [7, 11) is 3.30. The predicted octanol–water partition coefficient (Wildman–Crippen LogP) is 2.84. The molecular formula is C26H31N5O3. The van der Waals surface area contributed by atoms with E-state index in [9.17, 15) is 4.79 Å². The zero-order valence-corrected chi connectivity index (χ0v) is 19.7. The Morgan fingerprint density at radius 1 is 1.03 bits per heavy atom. The molecule has 0 saturated heterocycles. The molecule has 1 amide bonds. The molecule has 1 aliphatic rings. The molecule has 2 heterocycles. The molecule has 8 nitrogen and oxygen atoms in total. The molecule has 0 saturated carbocycles. The van der Waals surface area contributed by atoms with Crippen molar-refractivity contribution in [2.24, 2.45) is 0 Å². The summed E-state index contributed by atoms with van der Waals surface area (Å²) >= 11 is 0. The number of fused-ring (bicyclic) bond motifs is 1. The second kappa shape index (κ2) is 11.5. The fraction of sp³-hybridized carbons (Fsp3) is 0.346. The first-order valence-electron chi connectivity index (χ1n) is 11.5. The van der Waals surface area contributed by atoms with Crippen molar-refractivity contribution in [2.45, 2.75) is 19.4 Å². The van der Waals surface area contributed by atoms with Gasteiger partial charge in [0, 0.05) is 56.7 Å². The number of aromatic nitrogens is 3. The van der Waals surface area contributed by atoms with Crippen molar-refractivity contribution in [3.8, 4) is 11.5 Å². The topological polar surface area (TPSA) is 81.5 Å². The normalized spacial score (nSPS) is 13.9. The number of carbonyl (C=O) groups excluding carboxylic acids is 1. The van der Waals surface area contributed by atoms with Crippen LogP contribution in [0, 0.1) is 0 Å². The van der Waals surface area contributed by atoms with Crippen LogP contribution in [0.3, 0.4) is 0 Å². The Labute approximate surface area is 200 Å². The van der Waals surface area contributed by atoms with Crippen molar-refractivity contribution in [2.75, 3.05) is 40.4 Å². The summed E-state index contributed by atoms with van der Waals surface area (Å²) in [5.41, 5.74) is 1.69. The van der Waals surface area contributed by atoms with Gasteiger partial charge in [0.2, 0.25) is 0 Å². The average molecular weight is 462 g/mol. The van der Waals surface area contributed by atoms with Gasteiger partial charge < -0.3 is 19.4 Å². The SMILES string of the molecule is COc1ccc(C(=O)NCCc2nnc3n2CCN(CC=Cc2ccccc2OC)CC3)cc1. The summed E-state index contributed by atoms with van der Waals surface area (Å²) in [6.45, 7) is 4.07. The maximum Gasteiger partial charge on any atom is 0.251 e. The molecule has 34 heavy (non-hydrogen) atoms. The first-order chi connectivity index (χ1) is 16.7. The lowest BCUT2D eigenvalue weighted by Crippen LogP contribution is -2.28. The first kappa shape index (κ1) is 23.5. The Morgan fingerprint density at radius 2 is 1.85 bits per heavy atom. The van der Waals surface area contributed by atoms with E-state index in [0.29, 0.717) is 18.5 Å². The number of carbonyl (C=O) groups is 1. The van der Waals surface area contributed by atoms with Crippen LogP contribution in [-0.4, -0.2) is 66.0 Å². The van der Waals surface area contributed by atoms with Crippen molar-refractivity contribution in [1.29, 1.82) is 0 Å². The minimum absolute atomic E-state index is 0.105. The number of methoxy groups -OCH3 is 2. The quantitative estimate of drug-likeness (QED) is 0.528. The standard InChI is InChI=1S/C26H31N5O3/c1-33-22-11-9-21(10-12-22)26(32)27-15-13-24-28-29-25-14-17-30(18-19-31(24)25)16-5-7-20-6-3-4-8-23(20)34-2/h3-12H,13-19H2,1-2H3,(H,27,32). The highest BCUT2D eigenvalue weighted by Gasteiger charge is 2.18. The number of para-hydroxylation sites is 1. The molecule has 4 rings (SSSR count). The molecule has 0 radical (unpaired) electrons. The number of hydrogen-bond acceptors (Lipinski definition) is 6. The van der Waals surface area contributed by atoms with Gasteiger partial charge in [0.1, 0.15) is 23.1 Å². The van der Waals surface area contributed by atoms with Gasteiger partial charge in [0.15, 0.2) is 0 Å². The first-order valence-corrected chi connectivity index (χ1v) is 11.5. The van der Waals surface area contributed by atoms with Gasteiger partial charge in [-0.25, -0.2) is 0 Å². The Bertz CT molecular complexity index is 1120. The highest BCUT2D eigenvalue weighted by molar-refractivity contribution is 5.94. The van der Waals surface area contributed by atoms with E-state index in [0.717, 1.165) is 61.3 Å². The van der Waals surface area contributed by atoms with Crippen LogP contribution in [0.25, 0.3) is 6.08 Å². The average Bonchev–Trinajstić information content (AvgIpc) is 3.15. The molecule has 3 aromatic rings. The summed E-state index contributed by atoms with van der Waals surface area (Å²) in [4.78, 5) is 14.8. The van der Waals surface area contributed by atoms with E-state index < -0.39 is 0 Å². The molecule has 0 unspecified atom stereocenters. The largest absolute Gasteiger partial charge is 0.497 e. The summed E-state index contributed by atoms with van der Waals surface area (Å²) in [6.07, 6.45) is 5.79. The number of nitrogens with zero attached hydrogens (tertiary/aromatic N) is 4. The van der Waals surface area contributed by atoms with E-state index in [1.54, 1.807) is 38.5 Å². The fourth-order valence-electron chi connectivity index (χ4n) is 4.06. The molecule has 1 aliphatic heterocycles. The second-order valence-corrected chi connectivity index (χ2v) is 8.11. The lowest BCUT2D eigenvalue weighted by atomic mass is 10.2. The van der Waals surface area contributed by atoms with E-state index >= 15 is 0 Å². The van der Waals surface area contributed by atoms with Crippen molar-refractivity contribution in [3.05, 3.63) is 77.4 Å². The summed E-state index contributed by atoms with van der Waals surface area (Å²) in [6, 6.07) is 15.1. The third-order valence-corrected chi connectivity index (χ3v) is 5.98. The van der Waals surface area contributed by atoms with Crippen LogP contribution in [0.2, 0.25) is 0 Å². The maximum atomic E-state index is 12.4. The van der Waals surface area contributed by atoms with Gasteiger partial charge in [-0.15, -0.1) is 10.2 Å². The van der Waals surface area contributed by atoms with Crippen molar-refractivity contribution in [1.82, 2.24) is 25.0 Å². The van der Waals surface area contributed by atoms with Gasteiger partial charge >= 0.3 is 0 Å². The monoisotopic (exact) mass is 461 g/mol. The third-order valence-electron chi connectivity index (χ3n) is 5.98. The van der Waals surface area contributed by atoms with Crippen LogP contribution < -0.4 is 14.8 Å². The lowest BCUT2D eigenvalue weighted by molar-refractivity contribution is 0.0954. The van der Waals surface area contributed by atoms with Crippen LogP contribution >= 0.6 is 0 Å². The maximum absolute atomic E-state index is 12.4. The summed E-state index contributed by atoms with van der Waals surface area (Å²) in [5.74, 6) is 3.42. The van der Waals surface area contributed by atoms with Gasteiger partial charge in [-0.2, -0.15) is 0 Å². The predicted molar refractivity (Wildman–Crippen MR) is 131 cm³/mol. The van der Waals surface area contributed by atoms with Crippen LogP contribution in [0.15, 0.2) is 54.6 Å². The molecule has 0 atom stereocenters. The van der Waals surface area contributed by atoms with Gasteiger partial charge in [-0.05, 0) is 30.3 Å². The Morgan fingerprint density at radius 3 is 2.65 bits per heavy atom. The zero-order valence-electron chi connectivity index (χ0n) is 19.7. The fourth-order valence-corrected chi connectivity index (χ4v) is 4.06. The minimum atomic E-state index is -0.105. The molecule has 0 bridgehead atoms. The van der Waals surface area contributed by atoms with Crippen molar-refractivity contribution < 1.29 is 14.3 Å². The van der Waals surface area contributed by atoms with Gasteiger partial charge in [0.05, 0.1) is 14.2 Å². The molecule has 0 aliphatic carbocycles. The zero-order chi connectivity index (χ0) is 23.8.